The maximum Gasteiger partial charge on any atom is 0.262 e. The summed E-state index contributed by atoms with van der Waals surface area (Å²) in [4.78, 5) is 38.6. The Hall–Kier alpha value is -2.91. The maximum absolute atomic E-state index is 12.5. The molecule has 0 aromatic heterocycles. The van der Waals surface area contributed by atoms with Gasteiger partial charge in [0, 0.05) is 42.0 Å². The van der Waals surface area contributed by atoms with E-state index in [1.807, 2.05) is 12.1 Å². The fourth-order valence-corrected chi connectivity index (χ4v) is 4.16. The molecule has 2 fully saturated rings. The van der Waals surface area contributed by atoms with Gasteiger partial charge in [0.25, 0.3) is 5.91 Å². The molecule has 4 rings (SSSR count). The lowest BCUT2D eigenvalue weighted by atomic mass is 10.1. The van der Waals surface area contributed by atoms with E-state index in [9.17, 15) is 14.4 Å². The predicted octanol–water partition coefficient (Wildman–Crippen LogP) is 3.11. The molecule has 0 radical (unpaired) electrons. The molecule has 2 aromatic rings. The standard InChI is InChI=1S/C24H26BrN3O5/c25-17-3-5-18(6-4-17)27-22(29)15-33-20-9-7-19(8-10-20)28-14-16(12-23(28)30)24(31)26-13-21-2-1-11-32-21/h3-10,16,21H,1-2,11-15H2,(H,26,31)(H,27,29)/t16-,21-/m0/s1. The Bertz CT molecular complexity index is 990. The number of hydrogen-bond donors (Lipinski definition) is 2. The van der Waals surface area contributed by atoms with E-state index < -0.39 is 0 Å². The van der Waals surface area contributed by atoms with Crippen LogP contribution in [0.15, 0.2) is 53.0 Å². The first-order chi connectivity index (χ1) is 16.0. The van der Waals surface area contributed by atoms with Crippen molar-refractivity contribution in [3.05, 3.63) is 53.0 Å². The van der Waals surface area contributed by atoms with Gasteiger partial charge in [-0.1, -0.05) is 15.9 Å². The molecular formula is C24H26BrN3O5. The third kappa shape index (κ3) is 6.33. The highest BCUT2D eigenvalue weighted by Gasteiger charge is 2.35. The Morgan fingerprint density at radius 3 is 2.58 bits per heavy atom. The molecule has 33 heavy (non-hydrogen) atoms. The number of hydrogen-bond acceptors (Lipinski definition) is 5. The Labute approximate surface area is 200 Å². The zero-order valence-corrected chi connectivity index (χ0v) is 19.7. The highest BCUT2D eigenvalue weighted by Crippen LogP contribution is 2.27. The molecule has 2 atom stereocenters. The van der Waals surface area contributed by atoms with Crippen LogP contribution < -0.4 is 20.3 Å². The smallest absolute Gasteiger partial charge is 0.262 e. The molecule has 2 N–H and O–H groups in total. The van der Waals surface area contributed by atoms with Crippen molar-refractivity contribution < 1.29 is 23.9 Å². The van der Waals surface area contributed by atoms with Gasteiger partial charge in [-0.05, 0) is 61.4 Å². The van der Waals surface area contributed by atoms with Crippen LogP contribution >= 0.6 is 15.9 Å². The monoisotopic (exact) mass is 515 g/mol. The minimum Gasteiger partial charge on any atom is -0.484 e. The van der Waals surface area contributed by atoms with Crippen LogP contribution in [0.1, 0.15) is 19.3 Å². The largest absolute Gasteiger partial charge is 0.484 e. The van der Waals surface area contributed by atoms with E-state index in [1.165, 1.54) is 0 Å². The van der Waals surface area contributed by atoms with E-state index in [-0.39, 0.29) is 42.8 Å². The van der Waals surface area contributed by atoms with Gasteiger partial charge in [0.1, 0.15) is 5.75 Å². The summed E-state index contributed by atoms with van der Waals surface area (Å²) in [5.41, 5.74) is 1.38. The van der Waals surface area contributed by atoms with E-state index in [4.69, 9.17) is 9.47 Å². The van der Waals surface area contributed by atoms with Crippen molar-refractivity contribution in [3.63, 3.8) is 0 Å². The van der Waals surface area contributed by atoms with E-state index in [1.54, 1.807) is 41.3 Å². The van der Waals surface area contributed by atoms with Gasteiger partial charge in [0.2, 0.25) is 11.8 Å². The van der Waals surface area contributed by atoms with Crippen molar-refractivity contribution in [2.24, 2.45) is 5.92 Å². The number of anilines is 2. The predicted molar refractivity (Wildman–Crippen MR) is 127 cm³/mol. The Balaban J connectivity index is 1.25. The Morgan fingerprint density at radius 1 is 1.12 bits per heavy atom. The van der Waals surface area contributed by atoms with Crippen LogP contribution in [0.25, 0.3) is 0 Å². The van der Waals surface area contributed by atoms with Crippen LogP contribution in [-0.2, 0) is 19.1 Å². The third-order valence-electron chi connectivity index (χ3n) is 5.67. The van der Waals surface area contributed by atoms with Gasteiger partial charge in [-0.2, -0.15) is 0 Å². The molecule has 2 aliphatic heterocycles. The topological polar surface area (TPSA) is 97.0 Å². The summed E-state index contributed by atoms with van der Waals surface area (Å²) < 4.78 is 12.0. The van der Waals surface area contributed by atoms with Gasteiger partial charge in [0.15, 0.2) is 6.61 Å². The van der Waals surface area contributed by atoms with Crippen LogP contribution in [0, 0.1) is 5.92 Å². The molecule has 9 heteroatoms. The number of rotatable bonds is 8. The first-order valence-corrected chi connectivity index (χ1v) is 11.8. The number of nitrogens with one attached hydrogen (secondary N) is 2. The molecule has 0 saturated carbocycles. The normalized spacial score (nSPS) is 20.0. The summed E-state index contributed by atoms with van der Waals surface area (Å²) in [7, 11) is 0. The van der Waals surface area contributed by atoms with Crippen molar-refractivity contribution >= 4 is 45.0 Å². The number of nitrogens with zero attached hydrogens (tertiary/aromatic N) is 1. The van der Waals surface area contributed by atoms with Crippen LogP contribution in [0.3, 0.4) is 0 Å². The van der Waals surface area contributed by atoms with Gasteiger partial charge in [-0.3, -0.25) is 14.4 Å². The molecular weight excluding hydrogens is 490 g/mol. The van der Waals surface area contributed by atoms with E-state index >= 15 is 0 Å². The molecule has 2 heterocycles. The molecule has 2 aliphatic rings. The van der Waals surface area contributed by atoms with E-state index in [0.717, 1.165) is 23.9 Å². The number of carbonyl (C=O) groups is 3. The molecule has 3 amide bonds. The van der Waals surface area contributed by atoms with Crippen molar-refractivity contribution in [2.45, 2.75) is 25.4 Å². The summed E-state index contributed by atoms with van der Waals surface area (Å²) in [6.07, 6.45) is 2.24. The second-order valence-electron chi connectivity index (χ2n) is 8.12. The number of benzene rings is 2. The van der Waals surface area contributed by atoms with Crippen molar-refractivity contribution in [1.82, 2.24) is 5.32 Å². The maximum atomic E-state index is 12.5. The Morgan fingerprint density at radius 2 is 1.88 bits per heavy atom. The fraction of sp³-hybridized carbons (Fsp3) is 0.375. The average molecular weight is 516 g/mol. The lowest BCUT2D eigenvalue weighted by Crippen LogP contribution is -2.37. The summed E-state index contributed by atoms with van der Waals surface area (Å²) in [6.45, 7) is 1.44. The lowest BCUT2D eigenvalue weighted by Gasteiger charge is -2.18. The van der Waals surface area contributed by atoms with E-state index in [0.29, 0.717) is 30.2 Å². The van der Waals surface area contributed by atoms with Crippen molar-refractivity contribution in [1.29, 1.82) is 0 Å². The highest BCUT2D eigenvalue weighted by atomic mass is 79.9. The van der Waals surface area contributed by atoms with Gasteiger partial charge < -0.3 is 25.0 Å². The molecule has 8 nitrogen and oxygen atoms in total. The molecule has 0 spiro atoms. The molecule has 0 aliphatic carbocycles. The van der Waals surface area contributed by atoms with E-state index in [2.05, 4.69) is 26.6 Å². The van der Waals surface area contributed by atoms with Crippen LogP contribution in [-0.4, -0.2) is 50.1 Å². The zero-order chi connectivity index (χ0) is 23.2. The fourth-order valence-electron chi connectivity index (χ4n) is 3.90. The van der Waals surface area contributed by atoms with Gasteiger partial charge >= 0.3 is 0 Å². The average Bonchev–Trinajstić information content (AvgIpc) is 3.48. The molecule has 0 bridgehead atoms. The summed E-state index contributed by atoms with van der Waals surface area (Å²) in [6, 6.07) is 14.2. The third-order valence-corrected chi connectivity index (χ3v) is 6.20. The second-order valence-corrected chi connectivity index (χ2v) is 9.04. The summed E-state index contributed by atoms with van der Waals surface area (Å²) >= 11 is 3.35. The molecule has 2 aromatic carbocycles. The van der Waals surface area contributed by atoms with Crippen LogP contribution in [0.4, 0.5) is 11.4 Å². The van der Waals surface area contributed by atoms with Crippen molar-refractivity contribution in [2.75, 3.05) is 36.5 Å². The second kappa shape index (κ2) is 10.8. The molecule has 2 saturated heterocycles. The van der Waals surface area contributed by atoms with Crippen LogP contribution in [0.5, 0.6) is 5.75 Å². The lowest BCUT2D eigenvalue weighted by molar-refractivity contribution is -0.126. The zero-order valence-electron chi connectivity index (χ0n) is 18.1. The summed E-state index contributed by atoms with van der Waals surface area (Å²) in [5.74, 6) is -0.333. The van der Waals surface area contributed by atoms with Gasteiger partial charge in [-0.15, -0.1) is 0 Å². The highest BCUT2D eigenvalue weighted by molar-refractivity contribution is 9.10. The van der Waals surface area contributed by atoms with Gasteiger partial charge in [0.05, 0.1) is 12.0 Å². The number of ether oxygens (including phenoxy) is 2. The first-order valence-electron chi connectivity index (χ1n) is 11.0. The minimum absolute atomic E-state index is 0.0756. The number of carbonyl (C=O) groups excluding carboxylic acids is 3. The number of halogens is 1. The number of amides is 3. The first kappa shape index (κ1) is 23.3. The van der Waals surface area contributed by atoms with Crippen molar-refractivity contribution in [3.8, 4) is 5.75 Å². The Kier molecular flexibility index (Phi) is 7.61. The summed E-state index contributed by atoms with van der Waals surface area (Å²) in [5, 5.41) is 5.67. The molecule has 174 valence electrons. The SMILES string of the molecule is O=C(COc1ccc(N2C[C@@H](C(=O)NC[C@@H]3CCCO3)CC2=O)cc1)Nc1ccc(Br)cc1. The minimum atomic E-state index is -0.378. The van der Waals surface area contributed by atoms with Crippen LogP contribution in [0.2, 0.25) is 0 Å². The molecule has 0 unspecified atom stereocenters. The quantitative estimate of drug-likeness (QED) is 0.562. The van der Waals surface area contributed by atoms with Gasteiger partial charge in [-0.25, -0.2) is 0 Å².